The molecule has 9 nitrogen and oxygen atoms in total. The molecule has 0 aromatic heterocycles. The van der Waals surface area contributed by atoms with E-state index >= 15 is 0 Å². The molecule has 0 spiro atoms. The number of fused-ring (bicyclic) bond motifs is 1. The molecule has 3 aromatic rings. The molecule has 1 fully saturated rings. The van der Waals surface area contributed by atoms with Crippen LogP contribution in [0.1, 0.15) is 53.6 Å². The Morgan fingerprint density at radius 3 is 2.38 bits per heavy atom. The minimum atomic E-state index is -4.07. The van der Waals surface area contributed by atoms with Gasteiger partial charge in [0.05, 0.1) is 12.7 Å². The Bertz CT molecular complexity index is 1550. The van der Waals surface area contributed by atoms with Gasteiger partial charge in [-0.2, -0.15) is 0 Å². The van der Waals surface area contributed by atoms with Gasteiger partial charge in [0, 0.05) is 32.0 Å². The molecule has 0 unspecified atom stereocenters. The van der Waals surface area contributed by atoms with E-state index in [4.69, 9.17) is 4.74 Å². The highest BCUT2D eigenvalue weighted by Gasteiger charge is 2.41. The second-order valence-corrected chi connectivity index (χ2v) is 12.5. The Morgan fingerprint density at radius 1 is 0.976 bits per heavy atom. The predicted molar refractivity (Wildman–Crippen MR) is 157 cm³/mol. The van der Waals surface area contributed by atoms with Gasteiger partial charge in [-0.3, -0.25) is 14.4 Å². The fraction of sp³-hybridized carbons (Fsp3) is 0.344. The molecule has 3 amide bonds. The second kappa shape index (κ2) is 12.8. The molecular formula is C32H35N3O6S. The molecule has 0 bridgehead atoms. The van der Waals surface area contributed by atoms with Gasteiger partial charge < -0.3 is 15.0 Å². The Kier molecular flexibility index (Phi) is 8.91. The van der Waals surface area contributed by atoms with E-state index in [0.717, 1.165) is 41.1 Å². The fourth-order valence-corrected chi connectivity index (χ4v) is 7.25. The van der Waals surface area contributed by atoms with Crippen molar-refractivity contribution in [3.63, 3.8) is 0 Å². The number of nitrogens with one attached hydrogen (secondary N) is 1. The number of methoxy groups -OCH3 is 1. The number of hydrogen-bond acceptors (Lipinski definition) is 6. The van der Waals surface area contributed by atoms with Gasteiger partial charge in [-0.15, -0.1) is 0 Å². The average Bonchev–Trinajstić information content (AvgIpc) is 3.58. The van der Waals surface area contributed by atoms with Crippen LogP contribution in [0.4, 0.5) is 0 Å². The maximum atomic E-state index is 14.0. The van der Waals surface area contributed by atoms with Gasteiger partial charge in [0.1, 0.15) is 16.7 Å². The third-order valence-corrected chi connectivity index (χ3v) is 9.74. The van der Waals surface area contributed by atoms with Crippen molar-refractivity contribution in [1.82, 2.24) is 14.5 Å². The molecule has 1 aliphatic heterocycles. The first-order valence-electron chi connectivity index (χ1n) is 14.2. The van der Waals surface area contributed by atoms with Crippen LogP contribution < -0.4 is 10.1 Å². The summed E-state index contributed by atoms with van der Waals surface area (Å²) < 4.78 is 32.4. The monoisotopic (exact) mass is 589 g/mol. The lowest BCUT2D eigenvalue weighted by Gasteiger charge is -2.33. The van der Waals surface area contributed by atoms with Gasteiger partial charge in [-0.05, 0) is 48.2 Å². The first-order chi connectivity index (χ1) is 20.3. The molecule has 3 aromatic carbocycles. The van der Waals surface area contributed by atoms with E-state index < -0.39 is 27.9 Å². The van der Waals surface area contributed by atoms with E-state index in [1.165, 1.54) is 17.0 Å². The lowest BCUT2D eigenvalue weighted by atomic mass is 10.0. The molecule has 1 atom stereocenters. The largest absolute Gasteiger partial charge is 0.497 e. The van der Waals surface area contributed by atoms with E-state index in [1.807, 2.05) is 42.5 Å². The number of benzene rings is 3. The summed E-state index contributed by atoms with van der Waals surface area (Å²) >= 11 is 0. The number of hydrogen-bond donors (Lipinski definition) is 1. The number of carbonyl (C=O) groups excluding carboxylic acids is 3. The Morgan fingerprint density at radius 2 is 1.67 bits per heavy atom. The van der Waals surface area contributed by atoms with E-state index in [0.29, 0.717) is 5.75 Å². The van der Waals surface area contributed by atoms with Gasteiger partial charge in [-0.25, -0.2) is 12.7 Å². The molecule has 1 saturated carbocycles. The summed E-state index contributed by atoms with van der Waals surface area (Å²) in [5.41, 5.74) is 1.74. The Hall–Kier alpha value is -4.18. The van der Waals surface area contributed by atoms with Gasteiger partial charge >= 0.3 is 0 Å². The number of ether oxygens (including phenoxy) is 1. The van der Waals surface area contributed by atoms with E-state index in [-0.39, 0.29) is 48.3 Å². The van der Waals surface area contributed by atoms with Crippen LogP contribution in [-0.4, -0.2) is 61.1 Å². The molecule has 220 valence electrons. The van der Waals surface area contributed by atoms with Crippen molar-refractivity contribution in [2.45, 2.75) is 62.0 Å². The third kappa shape index (κ3) is 6.33. The average molecular weight is 590 g/mol. The van der Waals surface area contributed by atoms with Gasteiger partial charge in [-0.1, -0.05) is 67.4 Å². The summed E-state index contributed by atoms with van der Waals surface area (Å²) in [6, 6.07) is 22.0. The molecule has 1 aliphatic carbocycles. The summed E-state index contributed by atoms with van der Waals surface area (Å²) in [7, 11) is -2.51. The third-order valence-electron chi connectivity index (χ3n) is 7.90. The lowest BCUT2D eigenvalue weighted by molar-refractivity contribution is -0.141. The summed E-state index contributed by atoms with van der Waals surface area (Å²) in [4.78, 5) is 42.3. The quantitative estimate of drug-likeness (QED) is 0.363. The topological polar surface area (TPSA) is 113 Å². The highest BCUT2D eigenvalue weighted by atomic mass is 32.2. The van der Waals surface area contributed by atoms with Crippen LogP contribution in [0, 0.1) is 0 Å². The first kappa shape index (κ1) is 29.3. The number of rotatable bonds is 11. The van der Waals surface area contributed by atoms with Crippen molar-refractivity contribution in [2.75, 3.05) is 13.7 Å². The lowest BCUT2D eigenvalue weighted by Crippen LogP contribution is -2.52. The van der Waals surface area contributed by atoms with Crippen LogP contribution in [0.25, 0.3) is 0 Å². The molecule has 2 aliphatic rings. The molecule has 1 heterocycles. The highest BCUT2D eigenvalue weighted by molar-refractivity contribution is 7.90. The summed E-state index contributed by atoms with van der Waals surface area (Å²) in [6.07, 6.45) is 3.88. The number of nitrogens with zero attached hydrogens (tertiary/aromatic N) is 2. The van der Waals surface area contributed by atoms with Crippen molar-refractivity contribution >= 4 is 27.7 Å². The normalized spacial score (nSPS) is 16.6. The Balaban J connectivity index is 1.44. The van der Waals surface area contributed by atoms with Crippen molar-refractivity contribution in [3.05, 3.63) is 95.6 Å². The summed E-state index contributed by atoms with van der Waals surface area (Å²) in [5.74, 6) is -0.724. The molecule has 0 saturated heterocycles. The van der Waals surface area contributed by atoms with Crippen LogP contribution in [0.5, 0.6) is 5.75 Å². The summed E-state index contributed by atoms with van der Waals surface area (Å²) in [5, 5.41) is 3.15. The van der Waals surface area contributed by atoms with E-state index in [1.54, 1.807) is 31.4 Å². The first-order valence-corrected chi connectivity index (χ1v) is 15.6. The van der Waals surface area contributed by atoms with Crippen molar-refractivity contribution < 1.29 is 27.5 Å². The van der Waals surface area contributed by atoms with Crippen molar-refractivity contribution in [2.24, 2.45) is 0 Å². The predicted octanol–water partition coefficient (Wildman–Crippen LogP) is 3.93. The van der Waals surface area contributed by atoms with Crippen LogP contribution >= 0.6 is 0 Å². The zero-order valence-corrected chi connectivity index (χ0v) is 24.4. The van der Waals surface area contributed by atoms with E-state index in [9.17, 15) is 22.8 Å². The zero-order chi connectivity index (χ0) is 29.7. The highest BCUT2D eigenvalue weighted by Crippen LogP contribution is 2.30. The van der Waals surface area contributed by atoms with Crippen molar-refractivity contribution in [1.29, 1.82) is 0 Å². The second-order valence-electron chi connectivity index (χ2n) is 10.7. The molecule has 1 N–H and O–H groups in total. The van der Waals surface area contributed by atoms with Crippen LogP contribution in [0.3, 0.4) is 0 Å². The SMILES string of the molecule is COc1cccc(CN(C(=O)CCN2C(=O)c3ccccc3S2(=O)=O)[C@H](Cc2ccccc2)C(=O)NC2CCCC2)c1. The molecule has 42 heavy (non-hydrogen) atoms. The molecule has 0 radical (unpaired) electrons. The van der Waals surface area contributed by atoms with Crippen LogP contribution in [-0.2, 0) is 32.6 Å². The molecular weight excluding hydrogens is 554 g/mol. The Labute approximate surface area is 246 Å². The standard InChI is InChI=1S/C32H35N3O6S/c1-41-26-15-9-12-24(20-26)22-34(28(21-23-10-3-2-4-11-23)31(37)33-25-13-5-6-14-25)30(36)18-19-35-32(38)27-16-7-8-17-29(27)42(35,39)40/h2-4,7-12,15-17,20,25,28H,5-6,13-14,18-19,21-22H2,1H3,(H,33,37)/t28-/m1/s1. The smallest absolute Gasteiger partial charge is 0.269 e. The van der Waals surface area contributed by atoms with E-state index in [2.05, 4.69) is 5.32 Å². The number of carbonyl (C=O) groups is 3. The number of amides is 3. The number of sulfonamides is 1. The molecule has 5 rings (SSSR count). The molecule has 10 heteroatoms. The van der Waals surface area contributed by atoms with Crippen LogP contribution in [0.2, 0.25) is 0 Å². The minimum absolute atomic E-state index is 0.0513. The summed E-state index contributed by atoms with van der Waals surface area (Å²) in [6.45, 7) is -0.224. The van der Waals surface area contributed by atoms with Gasteiger partial charge in [0.2, 0.25) is 11.8 Å². The van der Waals surface area contributed by atoms with Crippen molar-refractivity contribution in [3.8, 4) is 5.75 Å². The maximum Gasteiger partial charge on any atom is 0.269 e. The van der Waals surface area contributed by atoms with Crippen LogP contribution in [0.15, 0.2) is 83.8 Å². The van der Waals surface area contributed by atoms with Gasteiger partial charge in [0.15, 0.2) is 0 Å². The minimum Gasteiger partial charge on any atom is -0.497 e. The zero-order valence-electron chi connectivity index (χ0n) is 23.6. The van der Waals surface area contributed by atoms with Gasteiger partial charge in [0.25, 0.3) is 15.9 Å². The fourth-order valence-electron chi connectivity index (χ4n) is 5.68. The maximum absolute atomic E-state index is 14.0.